The third-order valence-electron chi connectivity index (χ3n) is 5.82. The molecule has 5 nitrogen and oxygen atoms in total. The zero-order chi connectivity index (χ0) is 23.4. The van der Waals surface area contributed by atoms with Crippen molar-refractivity contribution in [1.82, 2.24) is 0 Å². The average molecular weight is 450 g/mol. The standard InChI is InChI=1S/C26H24F2N2O3/c27-19-8-4-17(5-9-19)2-1-3-23-25(18-6-14-22(15-7-18)33-16-24(29)31)30(26(23)32)21-12-10-20(28)11-13-21/h4-15,23,25H,1-3,16H2,(H2,29,31)/t23-,25-/m1/s1. The van der Waals surface area contributed by atoms with Gasteiger partial charge in [0.25, 0.3) is 5.91 Å². The summed E-state index contributed by atoms with van der Waals surface area (Å²) >= 11 is 0. The zero-order valence-electron chi connectivity index (χ0n) is 17.9. The molecular weight excluding hydrogens is 426 g/mol. The number of ether oxygens (including phenoxy) is 1. The highest BCUT2D eigenvalue weighted by Gasteiger charge is 2.48. The number of rotatable bonds is 9. The molecule has 0 saturated carbocycles. The summed E-state index contributed by atoms with van der Waals surface area (Å²) in [4.78, 5) is 25.7. The van der Waals surface area contributed by atoms with E-state index in [9.17, 15) is 18.4 Å². The molecule has 1 heterocycles. The van der Waals surface area contributed by atoms with Crippen LogP contribution in [0.1, 0.15) is 30.0 Å². The van der Waals surface area contributed by atoms with E-state index in [1.165, 1.54) is 24.3 Å². The van der Waals surface area contributed by atoms with Gasteiger partial charge in [-0.25, -0.2) is 8.78 Å². The Kier molecular flexibility index (Phi) is 6.68. The Morgan fingerprint density at radius 1 is 0.909 bits per heavy atom. The minimum atomic E-state index is -0.563. The number of anilines is 1. The van der Waals surface area contributed by atoms with Crippen LogP contribution in [0.3, 0.4) is 0 Å². The largest absolute Gasteiger partial charge is 0.484 e. The van der Waals surface area contributed by atoms with Crippen LogP contribution < -0.4 is 15.4 Å². The quantitative estimate of drug-likeness (QED) is 0.486. The van der Waals surface area contributed by atoms with Crippen molar-refractivity contribution in [3.8, 4) is 5.75 Å². The third kappa shape index (κ3) is 5.19. The number of aryl methyl sites for hydroxylation is 1. The van der Waals surface area contributed by atoms with Crippen molar-refractivity contribution in [2.45, 2.75) is 25.3 Å². The fourth-order valence-corrected chi connectivity index (χ4v) is 4.19. The van der Waals surface area contributed by atoms with Crippen molar-refractivity contribution in [3.05, 3.63) is 95.6 Å². The van der Waals surface area contributed by atoms with E-state index >= 15 is 0 Å². The molecule has 4 rings (SSSR count). The van der Waals surface area contributed by atoms with Crippen LogP contribution in [0.15, 0.2) is 72.8 Å². The van der Waals surface area contributed by atoms with Gasteiger partial charge >= 0.3 is 0 Å². The predicted octanol–water partition coefficient (Wildman–Crippen LogP) is 4.56. The lowest BCUT2D eigenvalue weighted by Gasteiger charge is -2.47. The van der Waals surface area contributed by atoms with Crippen LogP contribution in [-0.4, -0.2) is 18.4 Å². The minimum Gasteiger partial charge on any atom is -0.484 e. The van der Waals surface area contributed by atoms with Gasteiger partial charge in [-0.2, -0.15) is 0 Å². The number of nitrogens with zero attached hydrogens (tertiary/aromatic N) is 1. The summed E-state index contributed by atoms with van der Waals surface area (Å²) in [5.41, 5.74) is 7.69. The van der Waals surface area contributed by atoms with E-state index in [4.69, 9.17) is 10.5 Å². The Labute approximate surface area is 190 Å². The number of β-lactam (4-membered cyclic amide) rings is 1. The van der Waals surface area contributed by atoms with E-state index in [0.717, 1.165) is 24.0 Å². The van der Waals surface area contributed by atoms with Crippen LogP contribution in [0.25, 0.3) is 0 Å². The lowest BCUT2D eigenvalue weighted by Crippen LogP contribution is -2.55. The highest BCUT2D eigenvalue weighted by molar-refractivity contribution is 6.03. The van der Waals surface area contributed by atoms with Crippen LogP contribution >= 0.6 is 0 Å². The van der Waals surface area contributed by atoms with Crippen molar-refractivity contribution >= 4 is 17.5 Å². The van der Waals surface area contributed by atoms with Gasteiger partial charge in [0.2, 0.25) is 5.91 Å². The number of carbonyl (C=O) groups is 2. The normalized spacial score (nSPS) is 17.5. The first-order chi connectivity index (χ1) is 15.9. The molecule has 0 aliphatic carbocycles. The Hall–Kier alpha value is -3.74. The summed E-state index contributed by atoms with van der Waals surface area (Å²) in [5, 5.41) is 0. The van der Waals surface area contributed by atoms with Crippen LogP contribution in [0.2, 0.25) is 0 Å². The van der Waals surface area contributed by atoms with E-state index < -0.39 is 5.91 Å². The highest BCUT2D eigenvalue weighted by atomic mass is 19.1. The third-order valence-corrected chi connectivity index (χ3v) is 5.82. The monoisotopic (exact) mass is 450 g/mol. The second-order valence-corrected chi connectivity index (χ2v) is 8.08. The van der Waals surface area contributed by atoms with Crippen LogP contribution in [0.4, 0.5) is 14.5 Å². The molecule has 3 aromatic carbocycles. The van der Waals surface area contributed by atoms with Gasteiger partial charge in [0.1, 0.15) is 17.4 Å². The van der Waals surface area contributed by atoms with Gasteiger partial charge < -0.3 is 15.4 Å². The van der Waals surface area contributed by atoms with E-state index in [0.29, 0.717) is 17.9 Å². The summed E-state index contributed by atoms with van der Waals surface area (Å²) in [6.07, 6.45) is 2.18. The maximum absolute atomic E-state index is 13.4. The lowest BCUT2D eigenvalue weighted by molar-refractivity contribution is -0.130. The molecule has 170 valence electrons. The summed E-state index contributed by atoms with van der Waals surface area (Å²) in [6, 6.07) is 19.2. The number of primary amides is 1. The summed E-state index contributed by atoms with van der Waals surface area (Å²) in [7, 11) is 0. The van der Waals surface area contributed by atoms with Crippen molar-refractivity contribution < 1.29 is 23.1 Å². The second-order valence-electron chi connectivity index (χ2n) is 8.08. The van der Waals surface area contributed by atoms with Gasteiger partial charge in [-0.05, 0) is 78.9 Å². The molecule has 7 heteroatoms. The maximum atomic E-state index is 13.4. The Morgan fingerprint density at radius 3 is 2.12 bits per heavy atom. The van der Waals surface area contributed by atoms with Crippen molar-refractivity contribution in [2.24, 2.45) is 11.7 Å². The fraction of sp³-hybridized carbons (Fsp3) is 0.231. The molecule has 1 fully saturated rings. The van der Waals surface area contributed by atoms with Crippen molar-refractivity contribution in [2.75, 3.05) is 11.5 Å². The number of nitrogens with two attached hydrogens (primary N) is 1. The number of carbonyl (C=O) groups excluding carboxylic acids is 2. The van der Waals surface area contributed by atoms with E-state index in [2.05, 4.69) is 0 Å². The van der Waals surface area contributed by atoms with E-state index in [1.54, 1.807) is 41.3 Å². The molecule has 0 unspecified atom stereocenters. The number of amides is 2. The summed E-state index contributed by atoms with van der Waals surface area (Å²) < 4.78 is 31.9. The van der Waals surface area contributed by atoms with Crippen molar-refractivity contribution in [1.29, 1.82) is 0 Å². The zero-order valence-corrected chi connectivity index (χ0v) is 17.9. The topological polar surface area (TPSA) is 72.6 Å². The van der Waals surface area contributed by atoms with Crippen molar-refractivity contribution in [3.63, 3.8) is 0 Å². The molecule has 33 heavy (non-hydrogen) atoms. The van der Waals surface area contributed by atoms with Gasteiger partial charge in [-0.3, -0.25) is 9.59 Å². The minimum absolute atomic E-state index is 0.0141. The number of benzene rings is 3. The number of hydrogen-bond donors (Lipinski definition) is 1. The Balaban J connectivity index is 1.51. The lowest BCUT2D eigenvalue weighted by atomic mass is 9.78. The Bertz CT molecular complexity index is 1120. The average Bonchev–Trinajstić information content (AvgIpc) is 2.81. The first-order valence-corrected chi connectivity index (χ1v) is 10.8. The molecule has 0 radical (unpaired) electrons. The first kappa shape index (κ1) is 22.5. The van der Waals surface area contributed by atoms with Gasteiger partial charge in [-0.15, -0.1) is 0 Å². The van der Waals surface area contributed by atoms with Gasteiger partial charge in [0, 0.05) is 5.69 Å². The molecule has 0 spiro atoms. The number of halogens is 2. The van der Waals surface area contributed by atoms with E-state index in [1.807, 2.05) is 12.1 Å². The van der Waals surface area contributed by atoms with E-state index in [-0.39, 0.29) is 36.1 Å². The SMILES string of the molecule is NC(=O)COc1ccc([C@@H]2[C@@H](CCCc3ccc(F)cc3)C(=O)N2c2ccc(F)cc2)cc1. The second kappa shape index (κ2) is 9.81. The van der Waals surface area contributed by atoms with Crippen LogP contribution in [-0.2, 0) is 16.0 Å². The molecular formula is C26H24F2N2O3. The summed E-state index contributed by atoms with van der Waals surface area (Å²) in [5.74, 6) is -0.939. The smallest absolute Gasteiger partial charge is 0.255 e. The predicted molar refractivity (Wildman–Crippen MR) is 121 cm³/mol. The molecule has 1 saturated heterocycles. The molecule has 2 atom stereocenters. The Morgan fingerprint density at radius 2 is 1.52 bits per heavy atom. The van der Waals surface area contributed by atoms with Crippen LogP contribution in [0, 0.1) is 17.6 Å². The molecule has 0 aromatic heterocycles. The maximum Gasteiger partial charge on any atom is 0.255 e. The molecule has 2 N–H and O–H groups in total. The van der Waals surface area contributed by atoms with Gasteiger partial charge in [0.15, 0.2) is 6.61 Å². The summed E-state index contributed by atoms with van der Waals surface area (Å²) in [6.45, 7) is -0.213. The molecule has 1 aliphatic heterocycles. The van der Waals surface area contributed by atoms with Gasteiger partial charge in [-0.1, -0.05) is 24.3 Å². The fourth-order valence-electron chi connectivity index (χ4n) is 4.19. The van der Waals surface area contributed by atoms with Gasteiger partial charge in [0.05, 0.1) is 12.0 Å². The molecule has 2 amide bonds. The molecule has 3 aromatic rings. The van der Waals surface area contributed by atoms with Crippen LogP contribution in [0.5, 0.6) is 5.75 Å². The molecule has 1 aliphatic rings. The first-order valence-electron chi connectivity index (χ1n) is 10.8. The highest BCUT2D eigenvalue weighted by Crippen LogP contribution is 2.46. The number of hydrogen-bond acceptors (Lipinski definition) is 3. The molecule has 0 bridgehead atoms.